The molecule has 0 radical (unpaired) electrons. The lowest BCUT2D eigenvalue weighted by molar-refractivity contribution is -0.258. The molecule has 0 saturated heterocycles. The quantitative estimate of drug-likeness (QED) is 0.0808. The first-order chi connectivity index (χ1) is 38.5. The van der Waals surface area contributed by atoms with Crippen molar-refractivity contribution in [2.45, 2.75) is 63.4 Å². The van der Waals surface area contributed by atoms with Crippen LogP contribution in [0.5, 0.6) is 34.5 Å². The van der Waals surface area contributed by atoms with Gasteiger partial charge in [-0.1, -0.05) is 194 Å². The van der Waals surface area contributed by atoms with Crippen molar-refractivity contribution in [2.24, 2.45) is 0 Å². The van der Waals surface area contributed by atoms with Gasteiger partial charge in [-0.05, 0) is 98.6 Å². The molecule has 1 aliphatic carbocycles. The molecule has 1 N–H and O–H groups in total. The Morgan fingerprint density at radius 1 is 0.333 bits per heavy atom. The lowest BCUT2D eigenvalue weighted by Gasteiger charge is -2.44. The third kappa shape index (κ3) is 11.1. The van der Waals surface area contributed by atoms with E-state index in [0.717, 1.165) is 61.2 Å². The first-order valence-electron chi connectivity index (χ1n) is 26.5. The average molecular weight is 1030 g/mol. The van der Waals surface area contributed by atoms with Gasteiger partial charge in [-0.2, -0.15) is 0 Å². The van der Waals surface area contributed by atoms with Gasteiger partial charge in [-0.25, -0.2) is 0 Å². The van der Waals surface area contributed by atoms with Gasteiger partial charge in [0.1, 0.15) is 74.1 Å². The molecular formula is C70H58O8. The second-order valence-corrected chi connectivity index (χ2v) is 19.7. The second kappa shape index (κ2) is 23.0. The van der Waals surface area contributed by atoms with Crippen LogP contribution >= 0.6 is 0 Å². The molecule has 8 nitrogen and oxygen atoms in total. The van der Waals surface area contributed by atoms with Gasteiger partial charge >= 0.3 is 0 Å². The molecule has 1 heterocycles. The van der Waals surface area contributed by atoms with Gasteiger partial charge in [-0.3, -0.25) is 0 Å². The molecule has 0 amide bonds. The van der Waals surface area contributed by atoms with Crippen LogP contribution in [-0.4, -0.2) is 5.11 Å². The molecule has 2 bridgehead atoms. The summed E-state index contributed by atoms with van der Waals surface area (Å²) >= 11 is 0. The molecule has 0 unspecified atom stereocenters. The van der Waals surface area contributed by atoms with Crippen molar-refractivity contribution in [1.29, 1.82) is 0 Å². The first-order valence-corrected chi connectivity index (χ1v) is 26.5. The van der Waals surface area contributed by atoms with Crippen molar-refractivity contribution >= 4 is 0 Å². The first kappa shape index (κ1) is 49.8. The van der Waals surface area contributed by atoms with E-state index in [9.17, 15) is 5.11 Å². The highest BCUT2D eigenvalue weighted by Gasteiger charge is 2.57. The zero-order chi connectivity index (χ0) is 52.5. The Hall–Kier alpha value is -9.08. The Balaban J connectivity index is 1.06. The lowest BCUT2D eigenvalue weighted by Crippen LogP contribution is -2.42. The molecule has 0 aromatic heterocycles. The lowest BCUT2D eigenvalue weighted by atomic mass is 9.76. The van der Waals surface area contributed by atoms with Crippen molar-refractivity contribution in [2.75, 3.05) is 0 Å². The average Bonchev–Trinajstić information content (AvgIpc) is 3.94. The second-order valence-electron chi connectivity index (χ2n) is 19.7. The minimum absolute atomic E-state index is 0.256. The largest absolute Gasteiger partial charge is 0.489 e. The zero-order valence-electron chi connectivity index (χ0n) is 43.0. The molecule has 78 heavy (non-hydrogen) atoms. The van der Waals surface area contributed by atoms with Crippen LogP contribution in [0.3, 0.4) is 0 Å². The minimum atomic E-state index is -2.00. The van der Waals surface area contributed by atoms with Crippen LogP contribution in [0.25, 0.3) is 0 Å². The van der Waals surface area contributed by atoms with Crippen molar-refractivity contribution in [3.63, 3.8) is 0 Å². The Morgan fingerprint density at radius 3 is 1.06 bits per heavy atom. The fourth-order valence-corrected chi connectivity index (χ4v) is 10.6. The number of benzene rings is 10. The smallest absolute Gasteiger partial charge is 0.204 e. The van der Waals surface area contributed by atoms with Crippen LogP contribution in [0.4, 0.5) is 0 Å². The number of hydrogen-bond donors (Lipinski definition) is 1. The van der Waals surface area contributed by atoms with Gasteiger partial charge in [0.25, 0.3) is 0 Å². The summed E-state index contributed by atoms with van der Waals surface area (Å²) in [7, 11) is 0. The third-order valence-electron chi connectivity index (χ3n) is 14.5. The SMILES string of the molecule is O[C@]1(c2ccc(OCc3ccccc3)cc2)O[C@H]2c3cc(OCc4ccccc4)cc(OCc4ccccc4)c3[C@@H]1c1cc(OCc3ccccc3)cc(OCc3ccccc3)c1[C@H]2c1ccc(OCc2ccccc2)cc1. The van der Waals surface area contributed by atoms with E-state index in [-0.39, 0.29) is 13.2 Å². The maximum atomic E-state index is 14.2. The number of aliphatic hydroxyl groups is 1. The van der Waals surface area contributed by atoms with E-state index < -0.39 is 23.7 Å². The Kier molecular flexibility index (Phi) is 14.7. The molecule has 0 fully saturated rings. The molecule has 10 aromatic rings. The Labute approximate surface area is 455 Å². The van der Waals surface area contributed by atoms with Crippen LogP contribution in [0, 0.1) is 0 Å². The van der Waals surface area contributed by atoms with Crippen molar-refractivity contribution in [3.05, 3.63) is 322 Å². The molecule has 386 valence electrons. The summed E-state index contributed by atoms with van der Waals surface area (Å²) in [5.74, 6) is 0.197. The van der Waals surface area contributed by atoms with Crippen molar-refractivity contribution in [3.8, 4) is 34.5 Å². The van der Waals surface area contributed by atoms with Gasteiger partial charge in [-0.15, -0.1) is 0 Å². The Morgan fingerprint density at radius 2 is 0.667 bits per heavy atom. The molecular weight excluding hydrogens is 969 g/mol. The zero-order valence-corrected chi connectivity index (χ0v) is 43.0. The fourth-order valence-electron chi connectivity index (χ4n) is 10.6. The highest BCUT2D eigenvalue weighted by atomic mass is 16.6. The van der Waals surface area contributed by atoms with Crippen molar-refractivity contribution in [1.82, 2.24) is 0 Å². The van der Waals surface area contributed by atoms with E-state index >= 15 is 0 Å². The number of rotatable bonds is 20. The van der Waals surface area contributed by atoms with E-state index in [4.69, 9.17) is 33.2 Å². The molecule has 0 saturated carbocycles. The summed E-state index contributed by atoms with van der Waals surface area (Å²) in [5.41, 5.74) is 10.8. The van der Waals surface area contributed by atoms with E-state index in [1.807, 2.05) is 206 Å². The Bertz CT molecular complexity index is 3550. The molecule has 10 aromatic carbocycles. The molecule has 2 aliphatic rings. The fraction of sp³-hybridized carbons (Fsp3) is 0.143. The molecule has 8 heteroatoms. The van der Waals surface area contributed by atoms with Crippen LogP contribution < -0.4 is 28.4 Å². The van der Waals surface area contributed by atoms with Crippen LogP contribution in [0.1, 0.15) is 84.7 Å². The van der Waals surface area contributed by atoms with E-state index in [2.05, 4.69) is 48.5 Å². The highest BCUT2D eigenvalue weighted by molar-refractivity contribution is 5.66. The van der Waals surface area contributed by atoms with Crippen LogP contribution in [0.2, 0.25) is 0 Å². The topological polar surface area (TPSA) is 84.8 Å². The minimum Gasteiger partial charge on any atom is -0.489 e. The number of fused-ring (bicyclic) bond motifs is 2. The van der Waals surface area contributed by atoms with E-state index in [1.54, 1.807) is 0 Å². The monoisotopic (exact) mass is 1030 g/mol. The predicted molar refractivity (Wildman–Crippen MR) is 302 cm³/mol. The molecule has 4 atom stereocenters. The summed E-state index contributed by atoms with van der Waals surface area (Å²) in [5, 5.41) is 14.2. The van der Waals surface area contributed by atoms with Gasteiger partial charge in [0.15, 0.2) is 0 Å². The number of hydrogen-bond acceptors (Lipinski definition) is 8. The summed E-state index contributed by atoms with van der Waals surface area (Å²) in [6, 6.07) is 84.5. The van der Waals surface area contributed by atoms with E-state index in [0.29, 0.717) is 66.5 Å². The molecule has 1 aliphatic heterocycles. The summed E-state index contributed by atoms with van der Waals surface area (Å²) in [4.78, 5) is 0. The van der Waals surface area contributed by atoms with Gasteiger partial charge in [0.2, 0.25) is 5.79 Å². The number of ether oxygens (including phenoxy) is 7. The van der Waals surface area contributed by atoms with Gasteiger partial charge in [0, 0.05) is 34.7 Å². The van der Waals surface area contributed by atoms with Crippen LogP contribution in [0.15, 0.2) is 255 Å². The maximum Gasteiger partial charge on any atom is 0.204 e. The normalized spacial score (nSPS) is 17.0. The summed E-state index contributed by atoms with van der Waals surface area (Å²) in [6.07, 6.45) is -0.845. The maximum absolute atomic E-state index is 14.2. The van der Waals surface area contributed by atoms with Gasteiger partial charge in [0.05, 0.1) is 12.0 Å². The molecule has 0 spiro atoms. The standard InChI is InChI=1S/C70H58O8/c71-70(56-33-37-58(38-34-56)73-44-50-21-9-2-10-22-50)68-61-39-59(74-45-51-23-11-3-12-24-51)41-63(76-47-53-27-15-5-16-28-53)66(61)65(55-31-35-57(36-32-55)72-43-49-19-7-1-8-20-49)69(78-70)62-40-60(75-46-52-25-13-4-14-26-52)42-64(67(62)68)77-48-54-29-17-6-18-30-54/h1-42,65,68-69,71H,43-48H2/t65-,68+,69+,70-/m1/s1. The van der Waals surface area contributed by atoms with Crippen LogP contribution in [-0.2, 0) is 50.2 Å². The summed E-state index contributed by atoms with van der Waals surface area (Å²) < 4.78 is 48.0. The van der Waals surface area contributed by atoms with Gasteiger partial charge < -0.3 is 38.3 Å². The summed E-state index contributed by atoms with van der Waals surface area (Å²) in [6.45, 7) is 1.95. The third-order valence-corrected chi connectivity index (χ3v) is 14.5. The van der Waals surface area contributed by atoms with Crippen molar-refractivity contribution < 1.29 is 38.3 Å². The molecule has 12 rings (SSSR count). The van der Waals surface area contributed by atoms with E-state index in [1.165, 1.54) is 0 Å². The highest BCUT2D eigenvalue weighted by Crippen LogP contribution is 2.65. The predicted octanol–water partition coefficient (Wildman–Crippen LogP) is 15.4.